The van der Waals surface area contributed by atoms with Crippen LogP contribution in [0.3, 0.4) is 0 Å². The smallest absolute Gasteiger partial charge is 0.271 e. The van der Waals surface area contributed by atoms with E-state index in [0.717, 1.165) is 42.8 Å². The first kappa shape index (κ1) is 19.2. The van der Waals surface area contributed by atoms with Gasteiger partial charge in [-0.2, -0.15) is 0 Å². The molecule has 1 aliphatic carbocycles. The Morgan fingerprint density at radius 2 is 2.14 bits per heavy atom. The lowest BCUT2D eigenvalue weighted by atomic mass is 9.94. The molecule has 7 nitrogen and oxygen atoms in total. The van der Waals surface area contributed by atoms with Crippen LogP contribution in [0.5, 0.6) is 0 Å². The molecule has 2 atom stereocenters. The predicted molar refractivity (Wildman–Crippen MR) is 115 cm³/mol. The lowest BCUT2D eigenvalue weighted by Crippen LogP contribution is -2.36. The Balaban J connectivity index is 1.56. The van der Waals surface area contributed by atoms with Crippen LogP contribution in [-0.4, -0.2) is 47.0 Å². The number of nitrogens with zero attached hydrogens (tertiary/aromatic N) is 2. The van der Waals surface area contributed by atoms with Crippen LogP contribution in [0.15, 0.2) is 48.0 Å². The highest BCUT2D eigenvalue weighted by molar-refractivity contribution is 5.87. The highest BCUT2D eigenvalue weighted by atomic mass is 16.2. The van der Waals surface area contributed by atoms with Gasteiger partial charge >= 0.3 is 0 Å². The normalized spacial score (nSPS) is 19.6. The van der Waals surface area contributed by atoms with Gasteiger partial charge in [0.15, 0.2) is 0 Å². The third-order valence-corrected chi connectivity index (χ3v) is 5.92. The van der Waals surface area contributed by atoms with Crippen LogP contribution < -0.4 is 16.2 Å². The molecule has 0 bridgehead atoms. The number of carbonyl (C=O) groups excluding carboxylic acids is 1. The average molecular weight is 393 g/mol. The molecule has 4 rings (SSSR count). The van der Waals surface area contributed by atoms with Crippen molar-refractivity contribution in [3.8, 4) is 11.1 Å². The van der Waals surface area contributed by atoms with Gasteiger partial charge in [0.1, 0.15) is 11.5 Å². The van der Waals surface area contributed by atoms with E-state index in [0.29, 0.717) is 24.1 Å². The van der Waals surface area contributed by atoms with E-state index < -0.39 is 0 Å². The Morgan fingerprint density at radius 3 is 2.86 bits per heavy atom. The number of pyridine rings is 2. The summed E-state index contributed by atoms with van der Waals surface area (Å²) in [5.74, 6) is 1.65. The van der Waals surface area contributed by atoms with Crippen molar-refractivity contribution in [2.75, 3.05) is 30.8 Å². The average Bonchev–Trinajstić information content (AvgIpc) is 3.48. The quantitative estimate of drug-likeness (QED) is 0.630. The minimum absolute atomic E-state index is 0.0140. The van der Waals surface area contributed by atoms with E-state index in [1.807, 2.05) is 30.1 Å². The number of amides is 1. The van der Waals surface area contributed by atoms with Crippen molar-refractivity contribution >= 4 is 17.4 Å². The predicted octanol–water partition coefficient (Wildman–Crippen LogP) is 2.70. The second-order valence-electron chi connectivity index (χ2n) is 7.86. The number of carbonyl (C=O) groups is 1. The first-order valence-corrected chi connectivity index (χ1v) is 10.1. The Kier molecular flexibility index (Phi) is 5.38. The summed E-state index contributed by atoms with van der Waals surface area (Å²) in [7, 11) is 1.83. The van der Waals surface area contributed by atoms with Crippen molar-refractivity contribution < 1.29 is 4.79 Å². The molecule has 152 valence electrons. The van der Waals surface area contributed by atoms with Crippen molar-refractivity contribution in [2.45, 2.75) is 25.3 Å². The summed E-state index contributed by atoms with van der Waals surface area (Å²) in [6.45, 7) is 5.06. The standard InChI is InChI=1S/C22H27N5O2/c1-3-20(28)27-9-7-16(13-27)21(14-4-5-14)26-18-10-17(12-25-22(18)29)15-6-8-24-19(11-15)23-2/h3,6,8,10-12,14,16,21,26H,1,4-5,7,9,13H2,2H3,(H,23,24)(H,25,29)/t16?,21-/m1/s1. The second-order valence-corrected chi connectivity index (χ2v) is 7.86. The number of aromatic amines is 1. The van der Waals surface area contributed by atoms with E-state index >= 15 is 0 Å². The molecule has 1 saturated carbocycles. The van der Waals surface area contributed by atoms with E-state index in [1.54, 1.807) is 12.4 Å². The van der Waals surface area contributed by atoms with Crippen molar-refractivity contribution in [3.63, 3.8) is 0 Å². The van der Waals surface area contributed by atoms with E-state index in [-0.39, 0.29) is 17.5 Å². The highest BCUT2D eigenvalue weighted by Crippen LogP contribution is 2.40. The zero-order valence-corrected chi connectivity index (χ0v) is 16.6. The lowest BCUT2D eigenvalue weighted by molar-refractivity contribution is -0.125. The number of anilines is 2. The summed E-state index contributed by atoms with van der Waals surface area (Å²) in [5, 5.41) is 6.56. The minimum atomic E-state index is -0.126. The molecule has 3 N–H and O–H groups in total. The van der Waals surface area contributed by atoms with Gasteiger partial charge in [-0.15, -0.1) is 0 Å². The van der Waals surface area contributed by atoms with Crippen molar-refractivity contribution in [2.24, 2.45) is 11.8 Å². The fourth-order valence-electron chi connectivity index (χ4n) is 4.17. The summed E-state index contributed by atoms with van der Waals surface area (Å²) < 4.78 is 0. The number of aromatic nitrogens is 2. The third kappa shape index (κ3) is 4.18. The monoisotopic (exact) mass is 393 g/mol. The van der Waals surface area contributed by atoms with E-state index in [4.69, 9.17) is 0 Å². The second kappa shape index (κ2) is 8.11. The molecule has 3 heterocycles. The Hall–Kier alpha value is -3.09. The third-order valence-electron chi connectivity index (χ3n) is 5.92. The number of nitrogens with one attached hydrogen (secondary N) is 3. The highest BCUT2D eigenvalue weighted by Gasteiger charge is 2.40. The number of hydrogen-bond acceptors (Lipinski definition) is 5. The van der Waals surface area contributed by atoms with Gasteiger partial charge < -0.3 is 20.5 Å². The maximum absolute atomic E-state index is 12.5. The molecule has 7 heteroatoms. The van der Waals surface area contributed by atoms with Crippen LogP contribution in [0.2, 0.25) is 0 Å². The summed E-state index contributed by atoms with van der Waals surface area (Å²) in [4.78, 5) is 33.4. The molecule has 2 aliphatic rings. The zero-order valence-electron chi connectivity index (χ0n) is 16.6. The summed E-state index contributed by atoms with van der Waals surface area (Å²) in [6, 6.07) is 5.97. The Morgan fingerprint density at radius 1 is 1.31 bits per heavy atom. The van der Waals surface area contributed by atoms with E-state index in [1.165, 1.54) is 6.08 Å². The molecule has 29 heavy (non-hydrogen) atoms. The molecule has 1 amide bonds. The SMILES string of the molecule is C=CC(=O)N1CCC([C@H](Nc2cc(-c3ccnc(NC)c3)c[nH]c2=O)C2CC2)C1. The molecular formula is C22H27N5O2. The molecular weight excluding hydrogens is 366 g/mol. The zero-order chi connectivity index (χ0) is 20.4. The van der Waals surface area contributed by atoms with Crippen molar-refractivity contribution in [1.29, 1.82) is 0 Å². The van der Waals surface area contributed by atoms with Gasteiger partial charge in [0.2, 0.25) is 5.91 Å². The number of likely N-dealkylation sites (tertiary alicyclic amines) is 1. The Labute approximate surface area is 170 Å². The minimum Gasteiger partial charge on any atom is -0.377 e. The molecule has 1 unspecified atom stereocenters. The molecule has 2 aromatic rings. The van der Waals surface area contributed by atoms with Gasteiger partial charge in [0, 0.05) is 44.1 Å². The van der Waals surface area contributed by atoms with Crippen molar-refractivity contribution in [3.05, 3.63) is 53.6 Å². The summed E-state index contributed by atoms with van der Waals surface area (Å²) in [5.41, 5.74) is 2.36. The van der Waals surface area contributed by atoms with Crippen LogP contribution >= 0.6 is 0 Å². The molecule has 2 fully saturated rings. The van der Waals surface area contributed by atoms with Gasteiger partial charge in [-0.25, -0.2) is 4.98 Å². The molecule has 0 aromatic carbocycles. The fraction of sp³-hybridized carbons (Fsp3) is 0.409. The van der Waals surface area contributed by atoms with Gasteiger partial charge in [-0.3, -0.25) is 9.59 Å². The van der Waals surface area contributed by atoms with Crippen LogP contribution in [0.1, 0.15) is 19.3 Å². The fourth-order valence-corrected chi connectivity index (χ4v) is 4.17. The number of rotatable bonds is 7. The van der Waals surface area contributed by atoms with E-state index in [9.17, 15) is 9.59 Å². The molecule has 1 saturated heterocycles. The molecule has 2 aromatic heterocycles. The summed E-state index contributed by atoms with van der Waals surface area (Å²) >= 11 is 0. The largest absolute Gasteiger partial charge is 0.377 e. The number of hydrogen-bond donors (Lipinski definition) is 3. The summed E-state index contributed by atoms with van der Waals surface area (Å²) in [6.07, 6.45) is 8.13. The maximum Gasteiger partial charge on any atom is 0.271 e. The van der Waals surface area contributed by atoms with Crippen LogP contribution in [0, 0.1) is 11.8 Å². The van der Waals surface area contributed by atoms with Crippen LogP contribution in [0.4, 0.5) is 11.5 Å². The van der Waals surface area contributed by atoms with Crippen LogP contribution in [-0.2, 0) is 4.79 Å². The van der Waals surface area contributed by atoms with Crippen molar-refractivity contribution in [1.82, 2.24) is 14.9 Å². The topological polar surface area (TPSA) is 90.1 Å². The lowest BCUT2D eigenvalue weighted by Gasteiger charge is -2.26. The molecule has 1 aliphatic heterocycles. The van der Waals surface area contributed by atoms with Gasteiger partial charge in [-0.05, 0) is 60.9 Å². The molecule has 0 radical (unpaired) electrons. The van der Waals surface area contributed by atoms with Crippen LogP contribution in [0.25, 0.3) is 11.1 Å². The van der Waals surface area contributed by atoms with Gasteiger partial charge in [-0.1, -0.05) is 6.58 Å². The maximum atomic E-state index is 12.5. The van der Waals surface area contributed by atoms with Gasteiger partial charge in [0.25, 0.3) is 5.56 Å². The first-order chi connectivity index (χ1) is 14.1. The van der Waals surface area contributed by atoms with E-state index in [2.05, 4.69) is 27.2 Å². The molecule has 0 spiro atoms. The number of H-pyrrole nitrogens is 1. The first-order valence-electron chi connectivity index (χ1n) is 10.1. The van der Waals surface area contributed by atoms with Gasteiger partial charge in [0.05, 0.1) is 0 Å². The Bertz CT molecular complexity index is 966.